The molecule has 0 heteroatoms. The number of rotatable bonds is 3. The molecular weight excluding hydrogens is 216 g/mol. The Balaban J connectivity index is 2.37. The highest BCUT2D eigenvalue weighted by molar-refractivity contribution is 5.67. The Kier molecular flexibility index (Phi) is 3.86. The fraction of sp³-hybridized carbons (Fsp3) is 0.333. The summed E-state index contributed by atoms with van der Waals surface area (Å²) in [6.45, 7) is 9.08. The van der Waals surface area contributed by atoms with Crippen LogP contribution in [0.15, 0.2) is 48.5 Å². The molecule has 0 radical (unpaired) electrons. The van der Waals surface area contributed by atoms with E-state index in [1.807, 2.05) is 0 Å². The first-order valence-electron chi connectivity index (χ1n) is 6.75. The lowest BCUT2D eigenvalue weighted by Gasteiger charge is -2.18. The molecule has 0 aromatic heterocycles. The first-order chi connectivity index (χ1) is 8.59. The zero-order chi connectivity index (χ0) is 13.1. The maximum Gasteiger partial charge on any atom is -0.0155 e. The summed E-state index contributed by atoms with van der Waals surface area (Å²) in [6, 6.07) is 17.5. The largest absolute Gasteiger partial charge is 0.0622 e. The molecule has 0 saturated heterocycles. The highest BCUT2D eigenvalue weighted by atomic mass is 14.2. The van der Waals surface area contributed by atoms with Gasteiger partial charge < -0.3 is 0 Å². The third-order valence-electron chi connectivity index (χ3n) is 3.86. The summed E-state index contributed by atoms with van der Waals surface area (Å²) < 4.78 is 0. The van der Waals surface area contributed by atoms with Crippen molar-refractivity contribution in [3.05, 3.63) is 59.7 Å². The summed E-state index contributed by atoms with van der Waals surface area (Å²) in [7, 11) is 0. The van der Waals surface area contributed by atoms with Gasteiger partial charge in [0.15, 0.2) is 0 Å². The molecule has 18 heavy (non-hydrogen) atoms. The van der Waals surface area contributed by atoms with Crippen LogP contribution in [0.1, 0.15) is 37.8 Å². The average Bonchev–Trinajstić information content (AvgIpc) is 2.38. The highest BCUT2D eigenvalue weighted by Crippen LogP contribution is 2.29. The van der Waals surface area contributed by atoms with Crippen LogP contribution in [0, 0.1) is 12.8 Å². The molecule has 0 aliphatic carbocycles. The lowest BCUT2D eigenvalue weighted by molar-refractivity contribution is 0.535. The van der Waals surface area contributed by atoms with Crippen molar-refractivity contribution in [2.75, 3.05) is 0 Å². The fourth-order valence-electron chi connectivity index (χ4n) is 2.30. The van der Waals surface area contributed by atoms with Crippen LogP contribution < -0.4 is 0 Å². The Morgan fingerprint density at radius 1 is 0.833 bits per heavy atom. The predicted molar refractivity (Wildman–Crippen MR) is 79.9 cm³/mol. The molecule has 0 amide bonds. The molecule has 0 bridgehead atoms. The van der Waals surface area contributed by atoms with Crippen molar-refractivity contribution in [2.45, 2.75) is 33.6 Å². The van der Waals surface area contributed by atoms with Crippen LogP contribution in [0.3, 0.4) is 0 Å². The van der Waals surface area contributed by atoms with Crippen molar-refractivity contribution in [1.29, 1.82) is 0 Å². The van der Waals surface area contributed by atoms with Gasteiger partial charge in [0.2, 0.25) is 0 Å². The van der Waals surface area contributed by atoms with E-state index in [0.29, 0.717) is 11.8 Å². The van der Waals surface area contributed by atoms with Crippen LogP contribution in [0.5, 0.6) is 0 Å². The van der Waals surface area contributed by atoms with Crippen molar-refractivity contribution in [3.8, 4) is 11.1 Å². The minimum atomic E-state index is 0.619. The molecule has 0 heterocycles. The van der Waals surface area contributed by atoms with E-state index in [0.717, 1.165) is 0 Å². The highest BCUT2D eigenvalue weighted by Gasteiger charge is 2.11. The molecule has 1 unspecified atom stereocenters. The van der Waals surface area contributed by atoms with Crippen LogP contribution in [-0.4, -0.2) is 0 Å². The van der Waals surface area contributed by atoms with Crippen molar-refractivity contribution >= 4 is 0 Å². The van der Waals surface area contributed by atoms with Crippen LogP contribution >= 0.6 is 0 Å². The lowest BCUT2D eigenvalue weighted by atomic mass is 9.87. The second kappa shape index (κ2) is 5.39. The van der Waals surface area contributed by atoms with Crippen molar-refractivity contribution < 1.29 is 0 Å². The molecule has 2 aromatic carbocycles. The maximum absolute atomic E-state index is 2.34. The van der Waals surface area contributed by atoms with Gasteiger partial charge in [-0.1, -0.05) is 69.3 Å². The molecule has 2 aromatic rings. The molecule has 0 nitrogen and oxygen atoms in total. The van der Waals surface area contributed by atoms with Crippen LogP contribution in [0.25, 0.3) is 11.1 Å². The van der Waals surface area contributed by atoms with Crippen molar-refractivity contribution in [1.82, 2.24) is 0 Å². The average molecular weight is 238 g/mol. The zero-order valence-corrected chi connectivity index (χ0v) is 11.8. The standard InChI is InChI=1S/C18H22/c1-13(2)15(4)17-10-11-18(14(3)12-17)16-8-6-5-7-9-16/h5-13,15H,1-4H3. The fourth-order valence-corrected chi connectivity index (χ4v) is 2.30. The van der Waals surface area contributed by atoms with Gasteiger partial charge in [0.25, 0.3) is 0 Å². The van der Waals surface area contributed by atoms with Gasteiger partial charge in [-0.3, -0.25) is 0 Å². The minimum absolute atomic E-state index is 0.619. The molecule has 0 fully saturated rings. The smallest absolute Gasteiger partial charge is 0.0155 e. The molecule has 1 atom stereocenters. The van der Waals surface area contributed by atoms with E-state index < -0.39 is 0 Å². The van der Waals surface area contributed by atoms with E-state index in [1.54, 1.807) is 0 Å². The van der Waals surface area contributed by atoms with Gasteiger partial charge in [-0.25, -0.2) is 0 Å². The quantitative estimate of drug-likeness (QED) is 0.669. The van der Waals surface area contributed by atoms with Gasteiger partial charge in [-0.05, 0) is 41.0 Å². The summed E-state index contributed by atoms with van der Waals surface area (Å²) >= 11 is 0. The molecule has 94 valence electrons. The van der Waals surface area contributed by atoms with Crippen molar-refractivity contribution in [3.63, 3.8) is 0 Å². The van der Waals surface area contributed by atoms with Gasteiger partial charge in [0.05, 0.1) is 0 Å². The van der Waals surface area contributed by atoms with Gasteiger partial charge >= 0.3 is 0 Å². The Morgan fingerprint density at radius 3 is 2.06 bits per heavy atom. The Labute approximate surface area is 111 Å². The van der Waals surface area contributed by atoms with E-state index in [4.69, 9.17) is 0 Å². The van der Waals surface area contributed by atoms with Gasteiger partial charge in [0.1, 0.15) is 0 Å². The lowest BCUT2D eigenvalue weighted by Crippen LogP contribution is -2.02. The second-order valence-corrected chi connectivity index (χ2v) is 5.47. The SMILES string of the molecule is Cc1cc(C(C)C(C)C)ccc1-c1ccccc1. The van der Waals surface area contributed by atoms with E-state index in [9.17, 15) is 0 Å². The monoisotopic (exact) mass is 238 g/mol. The summed E-state index contributed by atoms with van der Waals surface area (Å²) in [6.07, 6.45) is 0. The van der Waals surface area contributed by atoms with E-state index in [-0.39, 0.29) is 0 Å². The molecule has 0 N–H and O–H groups in total. The van der Waals surface area contributed by atoms with Crippen LogP contribution in [0.4, 0.5) is 0 Å². The number of hydrogen-bond acceptors (Lipinski definition) is 0. The molecule has 0 aliphatic heterocycles. The van der Waals surface area contributed by atoms with Crippen molar-refractivity contribution in [2.24, 2.45) is 5.92 Å². The Hall–Kier alpha value is -1.56. The summed E-state index contributed by atoms with van der Waals surface area (Å²) in [5.74, 6) is 1.31. The van der Waals surface area contributed by atoms with E-state index in [1.165, 1.54) is 22.3 Å². The molecule has 0 spiro atoms. The normalized spacial score (nSPS) is 12.7. The molecular formula is C18H22. The molecule has 2 rings (SSSR count). The number of hydrogen-bond donors (Lipinski definition) is 0. The molecule has 0 saturated carbocycles. The maximum atomic E-state index is 2.34. The molecule has 0 aliphatic rings. The van der Waals surface area contributed by atoms with Gasteiger partial charge in [-0.15, -0.1) is 0 Å². The van der Waals surface area contributed by atoms with E-state index in [2.05, 4.69) is 76.2 Å². The Morgan fingerprint density at radius 2 is 1.50 bits per heavy atom. The topological polar surface area (TPSA) is 0 Å². The summed E-state index contributed by atoms with van der Waals surface area (Å²) in [4.78, 5) is 0. The summed E-state index contributed by atoms with van der Waals surface area (Å²) in [5, 5.41) is 0. The van der Waals surface area contributed by atoms with Gasteiger partial charge in [0, 0.05) is 0 Å². The van der Waals surface area contributed by atoms with Crippen LogP contribution in [0.2, 0.25) is 0 Å². The third-order valence-corrected chi connectivity index (χ3v) is 3.86. The van der Waals surface area contributed by atoms with E-state index >= 15 is 0 Å². The van der Waals surface area contributed by atoms with Crippen LogP contribution in [-0.2, 0) is 0 Å². The first-order valence-corrected chi connectivity index (χ1v) is 6.75. The zero-order valence-electron chi connectivity index (χ0n) is 11.8. The third kappa shape index (κ3) is 2.64. The predicted octanol–water partition coefficient (Wildman–Crippen LogP) is 5.42. The second-order valence-electron chi connectivity index (χ2n) is 5.47. The first kappa shape index (κ1) is 12.9. The number of benzene rings is 2. The summed E-state index contributed by atoms with van der Waals surface area (Å²) in [5.41, 5.74) is 5.46. The van der Waals surface area contributed by atoms with Gasteiger partial charge in [-0.2, -0.15) is 0 Å². The number of aryl methyl sites for hydroxylation is 1. The minimum Gasteiger partial charge on any atom is -0.0622 e. The Bertz CT molecular complexity index is 509.